The average Bonchev–Trinajstić information content (AvgIpc) is 2.47. The molecule has 0 atom stereocenters. The third-order valence-corrected chi connectivity index (χ3v) is 3.18. The molecule has 0 saturated heterocycles. The molecule has 0 radical (unpaired) electrons. The third-order valence-electron chi connectivity index (χ3n) is 3.18. The predicted molar refractivity (Wildman–Crippen MR) is 80.9 cm³/mol. The SMILES string of the molecule is CNCCN(Cc1ccccc1)Cc1ccccc1. The van der Waals surface area contributed by atoms with Crippen LogP contribution in [0.4, 0.5) is 0 Å². The zero-order valence-electron chi connectivity index (χ0n) is 11.5. The quantitative estimate of drug-likeness (QED) is 0.817. The molecule has 1 N–H and O–H groups in total. The number of benzene rings is 2. The van der Waals surface area contributed by atoms with Crippen LogP contribution in [0.2, 0.25) is 0 Å². The van der Waals surface area contributed by atoms with Gasteiger partial charge in [-0.25, -0.2) is 0 Å². The summed E-state index contributed by atoms with van der Waals surface area (Å²) in [5, 5.41) is 3.23. The van der Waals surface area contributed by atoms with E-state index in [4.69, 9.17) is 0 Å². The number of nitrogens with zero attached hydrogens (tertiary/aromatic N) is 1. The van der Waals surface area contributed by atoms with Crippen molar-refractivity contribution in [1.29, 1.82) is 0 Å². The van der Waals surface area contributed by atoms with Crippen LogP contribution < -0.4 is 5.32 Å². The van der Waals surface area contributed by atoms with E-state index < -0.39 is 0 Å². The Bertz CT molecular complexity index is 412. The predicted octanol–water partition coefficient (Wildman–Crippen LogP) is 2.91. The fourth-order valence-corrected chi connectivity index (χ4v) is 2.17. The lowest BCUT2D eigenvalue weighted by Gasteiger charge is -2.22. The summed E-state index contributed by atoms with van der Waals surface area (Å²) in [4.78, 5) is 2.47. The van der Waals surface area contributed by atoms with Gasteiger partial charge in [-0.1, -0.05) is 60.7 Å². The minimum absolute atomic E-state index is 0.997. The van der Waals surface area contributed by atoms with Crippen LogP contribution in [0.15, 0.2) is 60.7 Å². The second kappa shape index (κ2) is 7.72. The van der Waals surface area contributed by atoms with Crippen LogP contribution in [0.5, 0.6) is 0 Å². The molecular weight excluding hydrogens is 232 g/mol. The Balaban J connectivity index is 1.99. The first kappa shape index (κ1) is 13.8. The monoisotopic (exact) mass is 254 g/mol. The summed E-state index contributed by atoms with van der Waals surface area (Å²) < 4.78 is 0. The fraction of sp³-hybridized carbons (Fsp3) is 0.294. The molecule has 2 aromatic carbocycles. The highest BCUT2D eigenvalue weighted by Crippen LogP contribution is 2.09. The Morgan fingerprint density at radius 2 is 1.26 bits per heavy atom. The van der Waals surface area contributed by atoms with Crippen molar-refractivity contribution in [3.05, 3.63) is 71.8 Å². The summed E-state index contributed by atoms with van der Waals surface area (Å²) in [5.41, 5.74) is 2.74. The highest BCUT2D eigenvalue weighted by molar-refractivity contribution is 5.17. The molecule has 0 aliphatic carbocycles. The van der Waals surface area contributed by atoms with E-state index in [1.54, 1.807) is 0 Å². The highest BCUT2D eigenvalue weighted by Gasteiger charge is 2.06. The van der Waals surface area contributed by atoms with Gasteiger partial charge in [-0.15, -0.1) is 0 Å². The van der Waals surface area contributed by atoms with Gasteiger partial charge in [-0.2, -0.15) is 0 Å². The van der Waals surface area contributed by atoms with E-state index in [1.807, 2.05) is 7.05 Å². The molecule has 0 aliphatic heterocycles. The van der Waals surface area contributed by atoms with Crippen LogP contribution in [-0.4, -0.2) is 25.0 Å². The van der Waals surface area contributed by atoms with Crippen molar-refractivity contribution in [2.45, 2.75) is 13.1 Å². The molecule has 0 bridgehead atoms. The number of hydrogen-bond donors (Lipinski definition) is 1. The van der Waals surface area contributed by atoms with Crippen LogP contribution in [0, 0.1) is 0 Å². The maximum atomic E-state index is 3.23. The van der Waals surface area contributed by atoms with Gasteiger partial charge in [-0.3, -0.25) is 4.90 Å². The van der Waals surface area contributed by atoms with Crippen LogP contribution in [-0.2, 0) is 13.1 Å². The van der Waals surface area contributed by atoms with Gasteiger partial charge in [0.2, 0.25) is 0 Å². The first-order valence-electron chi connectivity index (χ1n) is 6.83. The van der Waals surface area contributed by atoms with Gasteiger partial charge in [0.25, 0.3) is 0 Å². The molecule has 19 heavy (non-hydrogen) atoms. The maximum absolute atomic E-state index is 3.23. The molecule has 0 unspecified atom stereocenters. The molecule has 0 heterocycles. The number of nitrogens with one attached hydrogen (secondary N) is 1. The van der Waals surface area contributed by atoms with Crippen molar-refractivity contribution < 1.29 is 0 Å². The van der Waals surface area contributed by atoms with Gasteiger partial charge in [0.15, 0.2) is 0 Å². The van der Waals surface area contributed by atoms with Crippen LogP contribution in [0.3, 0.4) is 0 Å². The molecule has 2 nitrogen and oxygen atoms in total. The smallest absolute Gasteiger partial charge is 0.0237 e. The second-order valence-electron chi connectivity index (χ2n) is 4.79. The standard InChI is InChI=1S/C17H22N2/c1-18-12-13-19(14-16-8-4-2-5-9-16)15-17-10-6-3-7-11-17/h2-11,18H,12-15H2,1H3. The van der Waals surface area contributed by atoms with Gasteiger partial charge in [0.05, 0.1) is 0 Å². The van der Waals surface area contributed by atoms with Gasteiger partial charge >= 0.3 is 0 Å². The molecule has 2 aromatic rings. The topological polar surface area (TPSA) is 15.3 Å². The zero-order chi connectivity index (χ0) is 13.3. The first-order chi connectivity index (χ1) is 9.38. The third kappa shape index (κ3) is 4.86. The zero-order valence-corrected chi connectivity index (χ0v) is 11.5. The normalized spacial score (nSPS) is 10.8. The van der Waals surface area contributed by atoms with Crippen molar-refractivity contribution in [1.82, 2.24) is 10.2 Å². The summed E-state index contributed by atoms with van der Waals surface area (Å²) in [7, 11) is 2.00. The van der Waals surface area contributed by atoms with E-state index in [0.717, 1.165) is 26.2 Å². The molecule has 0 spiro atoms. The molecule has 100 valence electrons. The van der Waals surface area contributed by atoms with E-state index >= 15 is 0 Å². The van der Waals surface area contributed by atoms with Gasteiger partial charge in [0.1, 0.15) is 0 Å². The minimum Gasteiger partial charge on any atom is -0.318 e. The Hall–Kier alpha value is -1.64. The summed E-state index contributed by atoms with van der Waals surface area (Å²) in [6, 6.07) is 21.3. The summed E-state index contributed by atoms with van der Waals surface area (Å²) in [6.45, 7) is 4.06. The lowest BCUT2D eigenvalue weighted by Crippen LogP contribution is -2.30. The Morgan fingerprint density at radius 3 is 1.68 bits per heavy atom. The Labute approximate surface area is 116 Å². The largest absolute Gasteiger partial charge is 0.318 e. The molecule has 0 aliphatic rings. The molecule has 0 fully saturated rings. The van der Waals surface area contributed by atoms with Crippen LogP contribution in [0.25, 0.3) is 0 Å². The van der Waals surface area contributed by atoms with Gasteiger partial charge < -0.3 is 5.32 Å². The van der Waals surface area contributed by atoms with E-state index in [2.05, 4.69) is 70.9 Å². The molecule has 0 aromatic heterocycles. The summed E-state index contributed by atoms with van der Waals surface area (Å²) in [5.74, 6) is 0. The number of likely N-dealkylation sites (N-methyl/N-ethyl adjacent to an activating group) is 1. The molecular formula is C17H22N2. The summed E-state index contributed by atoms with van der Waals surface area (Å²) in [6.07, 6.45) is 0. The Kier molecular flexibility index (Phi) is 5.60. The molecule has 2 rings (SSSR count). The second-order valence-corrected chi connectivity index (χ2v) is 4.79. The van der Waals surface area contributed by atoms with Crippen LogP contribution >= 0.6 is 0 Å². The van der Waals surface area contributed by atoms with Crippen molar-refractivity contribution in [3.8, 4) is 0 Å². The minimum atomic E-state index is 0.997. The molecule has 2 heteroatoms. The van der Waals surface area contributed by atoms with Crippen molar-refractivity contribution in [2.75, 3.05) is 20.1 Å². The van der Waals surface area contributed by atoms with Crippen LogP contribution in [0.1, 0.15) is 11.1 Å². The van der Waals surface area contributed by atoms with Crippen molar-refractivity contribution in [3.63, 3.8) is 0 Å². The van der Waals surface area contributed by atoms with E-state index in [9.17, 15) is 0 Å². The van der Waals surface area contributed by atoms with Gasteiger partial charge in [0, 0.05) is 26.2 Å². The van der Waals surface area contributed by atoms with Gasteiger partial charge in [-0.05, 0) is 18.2 Å². The highest BCUT2D eigenvalue weighted by atomic mass is 15.1. The summed E-state index contributed by atoms with van der Waals surface area (Å²) >= 11 is 0. The van der Waals surface area contributed by atoms with Crippen molar-refractivity contribution in [2.24, 2.45) is 0 Å². The lowest BCUT2D eigenvalue weighted by molar-refractivity contribution is 0.258. The van der Waals surface area contributed by atoms with E-state index in [-0.39, 0.29) is 0 Å². The average molecular weight is 254 g/mol. The number of rotatable bonds is 7. The van der Waals surface area contributed by atoms with E-state index in [1.165, 1.54) is 11.1 Å². The molecule has 0 saturated carbocycles. The maximum Gasteiger partial charge on any atom is 0.0237 e. The van der Waals surface area contributed by atoms with E-state index in [0.29, 0.717) is 0 Å². The Morgan fingerprint density at radius 1 is 0.789 bits per heavy atom. The number of hydrogen-bond acceptors (Lipinski definition) is 2. The molecule has 0 amide bonds. The lowest BCUT2D eigenvalue weighted by atomic mass is 10.1. The first-order valence-corrected chi connectivity index (χ1v) is 6.83. The van der Waals surface area contributed by atoms with Crippen molar-refractivity contribution >= 4 is 0 Å². The fourth-order valence-electron chi connectivity index (χ4n) is 2.17.